The Hall–Kier alpha value is -1.25. The summed E-state index contributed by atoms with van der Waals surface area (Å²) in [6, 6.07) is 3.85. The van der Waals surface area contributed by atoms with Crippen molar-refractivity contribution in [2.45, 2.75) is 59.4 Å². The Morgan fingerprint density at radius 3 is 2.53 bits per heavy atom. The molecule has 1 saturated carbocycles. The first-order valence-electron chi connectivity index (χ1n) is 7.25. The molecule has 0 radical (unpaired) electrons. The Balaban J connectivity index is 2.05. The molecule has 2 atom stereocenters. The summed E-state index contributed by atoms with van der Waals surface area (Å²) in [7, 11) is 0. The number of furan rings is 1. The molecule has 19 heavy (non-hydrogen) atoms. The first-order chi connectivity index (χ1) is 8.88. The third-order valence-corrected chi connectivity index (χ3v) is 4.16. The van der Waals surface area contributed by atoms with Crippen LogP contribution in [0.3, 0.4) is 0 Å². The Kier molecular flexibility index (Phi) is 4.02. The minimum Gasteiger partial charge on any atom is -0.456 e. The van der Waals surface area contributed by atoms with Gasteiger partial charge in [0.1, 0.15) is 5.76 Å². The second-order valence-corrected chi connectivity index (χ2v) is 6.75. The van der Waals surface area contributed by atoms with Crippen LogP contribution in [-0.2, 0) is 0 Å². The fraction of sp³-hybridized carbons (Fsp3) is 0.688. The zero-order chi connectivity index (χ0) is 14.0. The summed E-state index contributed by atoms with van der Waals surface area (Å²) in [5.41, 5.74) is 0.234. The zero-order valence-corrected chi connectivity index (χ0v) is 12.5. The lowest BCUT2D eigenvalue weighted by atomic mass is 9.69. The highest BCUT2D eigenvalue weighted by Gasteiger charge is 2.35. The number of aryl methyl sites for hydroxylation is 1. The molecule has 0 aliphatic heterocycles. The van der Waals surface area contributed by atoms with Crippen LogP contribution >= 0.6 is 0 Å². The molecule has 0 bridgehead atoms. The van der Waals surface area contributed by atoms with Gasteiger partial charge in [-0.2, -0.15) is 0 Å². The highest BCUT2D eigenvalue weighted by atomic mass is 16.3. The smallest absolute Gasteiger partial charge is 0.287 e. The van der Waals surface area contributed by atoms with Crippen LogP contribution in [0.1, 0.15) is 62.8 Å². The Bertz CT molecular complexity index is 442. The molecule has 2 rings (SSSR count). The molecule has 1 N–H and O–H groups in total. The van der Waals surface area contributed by atoms with Gasteiger partial charge in [0.15, 0.2) is 5.76 Å². The second kappa shape index (κ2) is 5.40. The number of carbonyl (C=O) groups is 1. The fourth-order valence-electron chi connectivity index (χ4n) is 3.14. The topological polar surface area (TPSA) is 42.2 Å². The van der Waals surface area contributed by atoms with Crippen LogP contribution in [0, 0.1) is 18.3 Å². The standard InChI is InChI=1S/C16H25NO2/c1-11-9-10-14(19-11)15(18)17-13-8-6-5-7-12(13)16(2,3)4/h9-10,12-13H,5-8H2,1-4H3,(H,17,18)/t12-,13-/m1/s1. The lowest BCUT2D eigenvalue weighted by Gasteiger charge is -2.40. The predicted molar refractivity (Wildman–Crippen MR) is 76.1 cm³/mol. The zero-order valence-electron chi connectivity index (χ0n) is 12.5. The number of nitrogens with one attached hydrogen (secondary N) is 1. The van der Waals surface area contributed by atoms with Crippen LogP contribution in [0.4, 0.5) is 0 Å². The average Bonchev–Trinajstić information content (AvgIpc) is 2.75. The molecular formula is C16H25NO2. The maximum absolute atomic E-state index is 12.2. The van der Waals surface area contributed by atoms with Crippen molar-refractivity contribution >= 4 is 5.91 Å². The molecule has 0 spiro atoms. The quantitative estimate of drug-likeness (QED) is 0.878. The molecule has 1 aliphatic rings. The summed E-state index contributed by atoms with van der Waals surface area (Å²) in [5.74, 6) is 1.67. The third kappa shape index (κ3) is 3.40. The highest BCUT2D eigenvalue weighted by Crippen LogP contribution is 2.38. The van der Waals surface area contributed by atoms with Crippen LogP contribution < -0.4 is 5.32 Å². The number of hydrogen-bond donors (Lipinski definition) is 1. The van der Waals surface area contributed by atoms with E-state index in [4.69, 9.17) is 4.42 Å². The second-order valence-electron chi connectivity index (χ2n) is 6.75. The van der Waals surface area contributed by atoms with Crippen molar-refractivity contribution in [3.63, 3.8) is 0 Å². The van der Waals surface area contributed by atoms with Gasteiger partial charge in [-0.15, -0.1) is 0 Å². The van der Waals surface area contributed by atoms with Crippen LogP contribution in [0.25, 0.3) is 0 Å². The van der Waals surface area contributed by atoms with Gasteiger partial charge in [-0.05, 0) is 43.2 Å². The first-order valence-corrected chi connectivity index (χ1v) is 7.25. The molecule has 1 aromatic heterocycles. The highest BCUT2D eigenvalue weighted by molar-refractivity contribution is 5.91. The molecule has 1 fully saturated rings. The summed E-state index contributed by atoms with van der Waals surface area (Å²) >= 11 is 0. The minimum atomic E-state index is -0.0748. The Morgan fingerprint density at radius 2 is 1.95 bits per heavy atom. The van der Waals surface area contributed by atoms with Gasteiger partial charge in [-0.25, -0.2) is 0 Å². The lowest BCUT2D eigenvalue weighted by molar-refractivity contribution is 0.0803. The van der Waals surface area contributed by atoms with Crippen molar-refractivity contribution in [2.75, 3.05) is 0 Å². The normalized spacial score (nSPS) is 24.2. The van der Waals surface area contributed by atoms with E-state index < -0.39 is 0 Å². The maximum Gasteiger partial charge on any atom is 0.287 e. The van der Waals surface area contributed by atoms with E-state index in [0.717, 1.165) is 12.2 Å². The molecule has 1 aromatic rings. The molecule has 3 nitrogen and oxygen atoms in total. The Labute approximate surface area is 115 Å². The number of hydrogen-bond acceptors (Lipinski definition) is 2. The van der Waals surface area contributed by atoms with Crippen LogP contribution in [0.15, 0.2) is 16.5 Å². The summed E-state index contributed by atoms with van der Waals surface area (Å²) in [6.45, 7) is 8.65. The lowest BCUT2D eigenvalue weighted by Crippen LogP contribution is -2.46. The number of carbonyl (C=O) groups excluding carboxylic acids is 1. The van der Waals surface area contributed by atoms with Crippen molar-refractivity contribution in [1.82, 2.24) is 5.32 Å². The van der Waals surface area contributed by atoms with Crippen molar-refractivity contribution < 1.29 is 9.21 Å². The van der Waals surface area contributed by atoms with E-state index in [1.807, 2.05) is 13.0 Å². The maximum atomic E-state index is 12.2. The molecule has 0 aromatic carbocycles. The minimum absolute atomic E-state index is 0.0748. The van der Waals surface area contributed by atoms with Gasteiger partial charge in [-0.1, -0.05) is 33.6 Å². The van der Waals surface area contributed by atoms with Gasteiger partial charge in [-0.3, -0.25) is 4.79 Å². The van der Waals surface area contributed by atoms with E-state index in [0.29, 0.717) is 11.7 Å². The van der Waals surface area contributed by atoms with Crippen molar-refractivity contribution in [1.29, 1.82) is 0 Å². The van der Waals surface area contributed by atoms with Crippen molar-refractivity contribution in [3.05, 3.63) is 23.7 Å². The Morgan fingerprint density at radius 1 is 1.26 bits per heavy atom. The van der Waals surface area contributed by atoms with E-state index >= 15 is 0 Å². The van der Waals surface area contributed by atoms with E-state index in [2.05, 4.69) is 26.1 Å². The first kappa shape index (κ1) is 14.2. The number of rotatable bonds is 2. The van der Waals surface area contributed by atoms with Gasteiger partial charge in [0.2, 0.25) is 0 Å². The van der Waals surface area contributed by atoms with E-state index in [9.17, 15) is 4.79 Å². The summed E-state index contributed by atoms with van der Waals surface area (Å²) < 4.78 is 5.40. The van der Waals surface area contributed by atoms with Gasteiger partial charge in [0, 0.05) is 6.04 Å². The number of amides is 1. The van der Waals surface area contributed by atoms with Gasteiger partial charge in [0.25, 0.3) is 5.91 Å². The largest absolute Gasteiger partial charge is 0.456 e. The molecule has 1 amide bonds. The molecule has 106 valence electrons. The third-order valence-electron chi connectivity index (χ3n) is 4.16. The van der Waals surface area contributed by atoms with Gasteiger partial charge in [0.05, 0.1) is 0 Å². The van der Waals surface area contributed by atoms with Crippen LogP contribution in [0.5, 0.6) is 0 Å². The van der Waals surface area contributed by atoms with E-state index in [-0.39, 0.29) is 17.4 Å². The molecule has 3 heteroatoms. The van der Waals surface area contributed by atoms with E-state index in [1.165, 1.54) is 19.3 Å². The van der Waals surface area contributed by atoms with Crippen molar-refractivity contribution in [2.24, 2.45) is 11.3 Å². The van der Waals surface area contributed by atoms with Gasteiger partial charge >= 0.3 is 0 Å². The van der Waals surface area contributed by atoms with E-state index in [1.54, 1.807) is 6.07 Å². The summed E-state index contributed by atoms with van der Waals surface area (Å²) in [5, 5.41) is 3.17. The molecule has 0 saturated heterocycles. The monoisotopic (exact) mass is 263 g/mol. The summed E-state index contributed by atoms with van der Waals surface area (Å²) in [4.78, 5) is 12.2. The SMILES string of the molecule is Cc1ccc(C(=O)N[C@@H]2CCCC[C@H]2C(C)(C)C)o1. The fourth-order valence-corrected chi connectivity index (χ4v) is 3.14. The van der Waals surface area contributed by atoms with Gasteiger partial charge < -0.3 is 9.73 Å². The molecule has 0 unspecified atom stereocenters. The molecular weight excluding hydrogens is 238 g/mol. The molecule has 1 aliphatic carbocycles. The van der Waals surface area contributed by atoms with Crippen LogP contribution in [-0.4, -0.2) is 11.9 Å². The molecule has 1 heterocycles. The van der Waals surface area contributed by atoms with Crippen molar-refractivity contribution in [3.8, 4) is 0 Å². The van der Waals surface area contributed by atoms with Crippen LogP contribution in [0.2, 0.25) is 0 Å². The average molecular weight is 263 g/mol. The predicted octanol–water partition coefficient (Wildman–Crippen LogP) is 3.92. The summed E-state index contributed by atoms with van der Waals surface area (Å²) in [6.07, 6.45) is 4.75.